The summed E-state index contributed by atoms with van der Waals surface area (Å²) in [6.45, 7) is 3.67. The third kappa shape index (κ3) is 4.92. The van der Waals surface area contributed by atoms with Crippen LogP contribution in [0.4, 0.5) is 5.69 Å². The first-order valence-electron chi connectivity index (χ1n) is 8.10. The van der Waals surface area contributed by atoms with Gasteiger partial charge in [0.05, 0.1) is 12.7 Å². The first-order chi connectivity index (χ1) is 12.3. The molecule has 1 amide bonds. The number of Topliss-reactive ketones (excluding diaryl/α,β-unsaturated/α-hetero) is 1. The Labute approximate surface area is 157 Å². The molecule has 0 heterocycles. The summed E-state index contributed by atoms with van der Waals surface area (Å²) in [6, 6.07) is 9.90. The van der Waals surface area contributed by atoms with Crippen molar-refractivity contribution in [2.75, 3.05) is 12.4 Å². The summed E-state index contributed by atoms with van der Waals surface area (Å²) in [5, 5.41) is 3.28. The summed E-state index contributed by atoms with van der Waals surface area (Å²) in [5.74, 6) is -0.891. The lowest BCUT2D eigenvalue weighted by atomic mass is 10.0. The van der Waals surface area contributed by atoms with Crippen LogP contribution < -0.4 is 5.32 Å². The van der Waals surface area contributed by atoms with E-state index >= 15 is 0 Å². The number of rotatable bonds is 6. The zero-order valence-electron chi connectivity index (χ0n) is 14.9. The third-order valence-electron chi connectivity index (χ3n) is 4.10. The molecular formula is C20H20ClNO4. The van der Waals surface area contributed by atoms with E-state index in [4.69, 9.17) is 16.3 Å². The number of hydrogen-bond acceptors (Lipinski definition) is 4. The molecule has 26 heavy (non-hydrogen) atoms. The van der Waals surface area contributed by atoms with Crippen LogP contribution in [-0.2, 0) is 9.53 Å². The van der Waals surface area contributed by atoms with E-state index in [2.05, 4.69) is 5.32 Å². The highest BCUT2D eigenvalue weighted by atomic mass is 35.5. The quantitative estimate of drug-likeness (QED) is 0.603. The predicted octanol–water partition coefficient (Wildman–Crippen LogP) is 4.35. The number of hydrogen-bond donors (Lipinski definition) is 1. The second-order valence-electron chi connectivity index (χ2n) is 5.94. The van der Waals surface area contributed by atoms with Crippen molar-refractivity contribution in [2.24, 2.45) is 0 Å². The molecule has 0 aliphatic heterocycles. The van der Waals surface area contributed by atoms with Gasteiger partial charge in [-0.3, -0.25) is 9.59 Å². The van der Waals surface area contributed by atoms with Crippen molar-refractivity contribution in [3.63, 3.8) is 0 Å². The van der Waals surface area contributed by atoms with Crippen molar-refractivity contribution in [1.29, 1.82) is 0 Å². The Bertz CT molecular complexity index is 844. The number of anilines is 1. The Morgan fingerprint density at radius 1 is 1.04 bits per heavy atom. The molecule has 0 saturated carbocycles. The second kappa shape index (κ2) is 8.63. The summed E-state index contributed by atoms with van der Waals surface area (Å²) in [5.41, 5.74) is 3.08. The molecule has 2 rings (SSSR count). The van der Waals surface area contributed by atoms with Gasteiger partial charge in [0, 0.05) is 29.1 Å². The lowest BCUT2D eigenvalue weighted by Gasteiger charge is -2.12. The first kappa shape index (κ1) is 19.7. The molecule has 0 unspecified atom stereocenters. The van der Waals surface area contributed by atoms with Crippen molar-refractivity contribution in [1.82, 2.24) is 0 Å². The number of aryl methyl sites for hydroxylation is 1. The number of carbonyl (C=O) groups is 3. The molecule has 136 valence electrons. The van der Waals surface area contributed by atoms with Crippen molar-refractivity contribution >= 4 is 34.9 Å². The van der Waals surface area contributed by atoms with Gasteiger partial charge in [-0.1, -0.05) is 11.6 Å². The lowest BCUT2D eigenvalue weighted by molar-refractivity contribution is -0.116. The molecule has 0 radical (unpaired) electrons. The molecule has 0 saturated heterocycles. The number of carbonyl (C=O) groups excluding carboxylic acids is 3. The number of ether oxygens (including phenoxy) is 1. The molecule has 1 N–H and O–H groups in total. The van der Waals surface area contributed by atoms with Crippen LogP contribution in [0.2, 0.25) is 5.02 Å². The van der Waals surface area contributed by atoms with Crippen LogP contribution in [0.3, 0.4) is 0 Å². The van der Waals surface area contributed by atoms with E-state index in [1.54, 1.807) is 36.4 Å². The van der Waals surface area contributed by atoms with Gasteiger partial charge in [-0.25, -0.2) is 4.79 Å². The van der Waals surface area contributed by atoms with Gasteiger partial charge in [0.25, 0.3) is 0 Å². The average Bonchev–Trinajstić information content (AvgIpc) is 2.62. The van der Waals surface area contributed by atoms with Gasteiger partial charge in [-0.15, -0.1) is 0 Å². The van der Waals surface area contributed by atoms with E-state index in [0.29, 0.717) is 21.8 Å². The maximum Gasteiger partial charge on any atom is 0.338 e. The maximum absolute atomic E-state index is 12.1. The zero-order valence-corrected chi connectivity index (χ0v) is 15.6. The number of esters is 1. The number of halogens is 1. The first-order valence-corrected chi connectivity index (χ1v) is 8.47. The van der Waals surface area contributed by atoms with E-state index in [0.717, 1.165) is 11.1 Å². The standard InChI is InChI=1S/C20H20ClNO4/c1-12-10-16(11-17(13(12)2)20(25)26-3)22-19(24)9-8-18(23)14-4-6-15(21)7-5-14/h4-7,10-11H,8-9H2,1-3H3,(H,22,24). The van der Waals surface area contributed by atoms with E-state index in [1.807, 2.05) is 13.8 Å². The van der Waals surface area contributed by atoms with Crippen LogP contribution in [0.15, 0.2) is 36.4 Å². The second-order valence-corrected chi connectivity index (χ2v) is 6.37. The molecule has 0 aromatic heterocycles. The number of methoxy groups -OCH3 is 1. The minimum absolute atomic E-state index is 0.0436. The zero-order chi connectivity index (χ0) is 19.3. The molecule has 0 fully saturated rings. The molecule has 2 aromatic carbocycles. The van der Waals surface area contributed by atoms with Crippen LogP contribution in [0.25, 0.3) is 0 Å². The van der Waals surface area contributed by atoms with Crippen molar-refractivity contribution in [2.45, 2.75) is 26.7 Å². The van der Waals surface area contributed by atoms with Gasteiger partial charge >= 0.3 is 5.97 Å². The fourth-order valence-electron chi connectivity index (χ4n) is 2.48. The van der Waals surface area contributed by atoms with Crippen molar-refractivity contribution < 1.29 is 19.1 Å². The molecule has 5 nitrogen and oxygen atoms in total. The highest BCUT2D eigenvalue weighted by Crippen LogP contribution is 2.21. The van der Waals surface area contributed by atoms with Crippen molar-refractivity contribution in [3.05, 3.63) is 63.7 Å². The lowest BCUT2D eigenvalue weighted by Crippen LogP contribution is -2.15. The summed E-state index contributed by atoms with van der Waals surface area (Å²) >= 11 is 5.80. The van der Waals surface area contributed by atoms with Gasteiger partial charge in [0.2, 0.25) is 5.91 Å². The summed E-state index contributed by atoms with van der Waals surface area (Å²) in [4.78, 5) is 36.1. The Kier molecular flexibility index (Phi) is 6.52. The van der Waals surface area contributed by atoms with E-state index < -0.39 is 5.97 Å². The number of amides is 1. The van der Waals surface area contributed by atoms with Crippen LogP contribution in [-0.4, -0.2) is 24.8 Å². The minimum Gasteiger partial charge on any atom is -0.465 e. The van der Waals surface area contributed by atoms with Crippen LogP contribution in [0, 0.1) is 13.8 Å². The molecule has 0 bridgehead atoms. The van der Waals surface area contributed by atoms with E-state index in [9.17, 15) is 14.4 Å². The molecule has 0 aliphatic rings. The average molecular weight is 374 g/mol. The Balaban J connectivity index is 2.01. The predicted molar refractivity (Wildman–Crippen MR) is 101 cm³/mol. The summed E-state index contributed by atoms with van der Waals surface area (Å²) < 4.78 is 4.76. The van der Waals surface area contributed by atoms with Gasteiger partial charge in [0.15, 0.2) is 5.78 Å². The fraction of sp³-hybridized carbons (Fsp3) is 0.250. The van der Waals surface area contributed by atoms with E-state index in [-0.39, 0.29) is 24.5 Å². The van der Waals surface area contributed by atoms with Crippen molar-refractivity contribution in [3.8, 4) is 0 Å². The number of benzene rings is 2. The molecular weight excluding hydrogens is 354 g/mol. The topological polar surface area (TPSA) is 72.5 Å². The normalized spacial score (nSPS) is 10.3. The van der Waals surface area contributed by atoms with Crippen LogP contribution in [0.5, 0.6) is 0 Å². The SMILES string of the molecule is COC(=O)c1cc(NC(=O)CCC(=O)c2ccc(Cl)cc2)cc(C)c1C. The fourth-order valence-corrected chi connectivity index (χ4v) is 2.61. The van der Waals surface area contributed by atoms with E-state index in [1.165, 1.54) is 7.11 Å². The third-order valence-corrected chi connectivity index (χ3v) is 4.35. The smallest absolute Gasteiger partial charge is 0.338 e. The monoisotopic (exact) mass is 373 g/mol. The van der Waals surface area contributed by atoms with Gasteiger partial charge in [-0.05, 0) is 61.4 Å². The maximum atomic E-state index is 12.1. The Hall–Kier alpha value is -2.66. The molecule has 0 atom stereocenters. The van der Waals surface area contributed by atoms with Gasteiger partial charge < -0.3 is 10.1 Å². The minimum atomic E-state index is -0.459. The highest BCUT2D eigenvalue weighted by Gasteiger charge is 2.14. The van der Waals surface area contributed by atoms with Gasteiger partial charge in [0.1, 0.15) is 0 Å². The molecule has 2 aromatic rings. The van der Waals surface area contributed by atoms with Crippen LogP contribution >= 0.6 is 11.6 Å². The van der Waals surface area contributed by atoms with Crippen LogP contribution in [0.1, 0.15) is 44.7 Å². The highest BCUT2D eigenvalue weighted by molar-refractivity contribution is 6.30. The Morgan fingerprint density at radius 3 is 2.31 bits per heavy atom. The molecule has 0 spiro atoms. The summed E-state index contributed by atoms with van der Waals surface area (Å²) in [7, 11) is 1.31. The molecule has 0 aliphatic carbocycles. The molecule has 6 heteroatoms. The summed E-state index contributed by atoms with van der Waals surface area (Å²) in [6.07, 6.45) is 0.129. The number of ketones is 1. The van der Waals surface area contributed by atoms with Gasteiger partial charge in [-0.2, -0.15) is 0 Å². The number of nitrogens with one attached hydrogen (secondary N) is 1. The Morgan fingerprint density at radius 2 is 1.69 bits per heavy atom. The largest absolute Gasteiger partial charge is 0.465 e.